The lowest BCUT2D eigenvalue weighted by molar-refractivity contribution is -0.137. The summed E-state index contributed by atoms with van der Waals surface area (Å²) in [5, 5.41) is 7.93. The van der Waals surface area contributed by atoms with Crippen LogP contribution < -0.4 is 10.6 Å². The molecular weight excluding hydrogens is 865 g/mol. The molecule has 3 aromatic carbocycles. The number of likely N-dealkylation sites (tertiary alicyclic amines) is 2. The molecule has 5 aromatic rings. The van der Waals surface area contributed by atoms with Crippen LogP contribution >= 0.6 is 0 Å². The summed E-state index contributed by atoms with van der Waals surface area (Å²) in [5.74, 6) is 1.48. The Kier molecular flexibility index (Phi) is 13.0. The second kappa shape index (κ2) is 19.4. The quantitative estimate of drug-likeness (QED) is 0.0955. The smallest absolute Gasteiger partial charge is 0.407 e. The number of rotatable bonds is 12. The van der Waals surface area contributed by atoms with Crippen LogP contribution in [0.1, 0.15) is 88.4 Å². The Balaban J connectivity index is 0.829. The monoisotopic (exact) mass is 926 g/mol. The number of carbonyl (C=O) groups is 4. The van der Waals surface area contributed by atoms with E-state index in [1.807, 2.05) is 22.2 Å². The fourth-order valence-electron chi connectivity index (χ4n) is 11.3. The van der Waals surface area contributed by atoms with E-state index in [1.165, 1.54) is 14.2 Å². The summed E-state index contributed by atoms with van der Waals surface area (Å²) in [6.45, 7) is 5.63. The number of imidazole rings is 2. The van der Waals surface area contributed by atoms with Crippen molar-refractivity contribution in [3.05, 3.63) is 84.7 Å². The van der Waals surface area contributed by atoms with Crippen LogP contribution in [0.15, 0.2) is 73.1 Å². The van der Waals surface area contributed by atoms with Gasteiger partial charge in [0.25, 0.3) is 0 Å². The van der Waals surface area contributed by atoms with Crippen LogP contribution in [-0.4, -0.2) is 120 Å². The van der Waals surface area contributed by atoms with Crippen LogP contribution in [0.25, 0.3) is 44.4 Å². The van der Waals surface area contributed by atoms with Crippen molar-refractivity contribution < 1.29 is 38.1 Å². The van der Waals surface area contributed by atoms with Crippen molar-refractivity contribution in [2.24, 2.45) is 23.2 Å². The van der Waals surface area contributed by atoms with Gasteiger partial charge in [0.15, 0.2) is 0 Å². The number of fused-ring (bicyclic) bond motifs is 1. The van der Waals surface area contributed by atoms with E-state index in [0.717, 1.165) is 88.2 Å². The first-order chi connectivity index (χ1) is 33.1. The SMILES string of the molecule is CC[C@@H]1CCN(C(=O)[C@@H](NC(=O)OC)C2CCOCC2)[C@@H]1c1ncc(-c2ccc(-c3ccc4cc(-c5cnc([C@@H]6CC7(CC7)CN6C(=O)C(NC(=O)OC)C6CCOCC6)[nH]5)ccc4c3)cc2)[nH]1. The summed E-state index contributed by atoms with van der Waals surface area (Å²) >= 11 is 0. The fourth-order valence-corrected chi connectivity index (χ4v) is 11.3. The molecular formula is C52H62N8O8. The van der Waals surface area contributed by atoms with Crippen LogP contribution in [0.5, 0.6) is 0 Å². The van der Waals surface area contributed by atoms with E-state index in [4.69, 9.17) is 28.9 Å². The van der Waals surface area contributed by atoms with Crippen molar-refractivity contribution in [3.8, 4) is 33.6 Å². The van der Waals surface area contributed by atoms with Crippen LogP contribution in [0, 0.1) is 23.2 Å². The summed E-state index contributed by atoms with van der Waals surface area (Å²) in [5.41, 5.74) is 6.02. The number of nitrogens with zero attached hydrogens (tertiary/aromatic N) is 4. The predicted octanol–water partition coefficient (Wildman–Crippen LogP) is 7.94. The normalized spacial score (nSPS) is 22.5. The molecule has 1 saturated carbocycles. The van der Waals surface area contributed by atoms with Gasteiger partial charge < -0.3 is 49.3 Å². The standard InChI is InChI=1S/C52H62N8O8/c1-4-31-13-20-59(48(61)43(57-50(63)65-2)34-14-21-67-22-15-34)45(31)47-54-28-40(56-47)33-7-5-32(6-8-33)36-9-10-38-26-39(12-11-37(38)25-36)41-29-53-46(55-41)42-27-52(18-19-52)30-60(42)49(62)44(58-51(64)66-3)35-16-23-68-24-17-35/h5-12,25-26,28-29,31,34-35,42-45H,4,13-24,27,30H2,1-3H3,(H,53,55)(H,54,56)(H,57,63)(H,58,64)/t31-,42+,43+,44?,45+/m1/s1. The highest BCUT2D eigenvalue weighted by Crippen LogP contribution is 2.58. The van der Waals surface area contributed by atoms with Crippen molar-refractivity contribution >= 4 is 34.8 Å². The lowest BCUT2D eigenvalue weighted by Crippen LogP contribution is -2.53. The van der Waals surface area contributed by atoms with Gasteiger partial charge in [0, 0.05) is 45.1 Å². The molecule has 4 saturated heterocycles. The topological polar surface area (TPSA) is 193 Å². The summed E-state index contributed by atoms with van der Waals surface area (Å²) in [7, 11) is 2.64. The number of nitrogens with one attached hydrogen (secondary N) is 4. The number of ether oxygens (including phenoxy) is 4. The molecule has 16 heteroatoms. The van der Waals surface area contributed by atoms with Gasteiger partial charge in [-0.3, -0.25) is 9.59 Å². The van der Waals surface area contributed by atoms with Crippen LogP contribution in [0.4, 0.5) is 9.59 Å². The Labute approximate surface area is 396 Å². The van der Waals surface area contributed by atoms with E-state index in [0.29, 0.717) is 65.2 Å². The fraction of sp³-hybridized carbons (Fsp3) is 0.500. The summed E-state index contributed by atoms with van der Waals surface area (Å²) in [4.78, 5) is 74.2. The third-order valence-electron chi connectivity index (χ3n) is 15.5. The Morgan fingerprint density at radius 3 is 1.79 bits per heavy atom. The first-order valence-electron chi connectivity index (χ1n) is 24.3. The number of methoxy groups -OCH3 is 2. The highest BCUT2D eigenvalue weighted by atomic mass is 16.5. The molecule has 4 aliphatic heterocycles. The van der Waals surface area contributed by atoms with Gasteiger partial charge in [-0.05, 0) is 114 Å². The first kappa shape index (κ1) is 45.5. The predicted molar refractivity (Wildman–Crippen MR) is 254 cm³/mol. The zero-order valence-electron chi connectivity index (χ0n) is 39.1. The molecule has 5 atom stereocenters. The van der Waals surface area contributed by atoms with E-state index in [-0.39, 0.29) is 47.1 Å². The van der Waals surface area contributed by atoms with E-state index < -0.39 is 24.3 Å². The van der Waals surface area contributed by atoms with Gasteiger partial charge in [-0.25, -0.2) is 19.6 Å². The number of hydrogen-bond donors (Lipinski definition) is 4. The van der Waals surface area contributed by atoms with Crippen molar-refractivity contribution in [1.82, 2.24) is 40.4 Å². The molecule has 68 heavy (non-hydrogen) atoms. The second-order valence-electron chi connectivity index (χ2n) is 19.5. The van der Waals surface area contributed by atoms with Gasteiger partial charge in [0.05, 0.1) is 50.1 Å². The molecule has 0 bridgehead atoms. The van der Waals surface area contributed by atoms with Gasteiger partial charge in [0.1, 0.15) is 23.7 Å². The number of benzene rings is 3. The van der Waals surface area contributed by atoms with E-state index in [1.54, 1.807) is 0 Å². The molecule has 6 heterocycles. The largest absolute Gasteiger partial charge is 0.453 e. The van der Waals surface area contributed by atoms with Crippen molar-refractivity contribution in [2.45, 2.75) is 88.9 Å². The Bertz CT molecular complexity index is 2630. The third kappa shape index (κ3) is 9.19. The number of aromatic amines is 2. The van der Waals surface area contributed by atoms with E-state index in [2.05, 4.69) is 88.2 Å². The zero-order chi connectivity index (χ0) is 46.9. The van der Waals surface area contributed by atoms with Crippen molar-refractivity contribution in [3.63, 3.8) is 0 Å². The van der Waals surface area contributed by atoms with Gasteiger partial charge in [0.2, 0.25) is 11.8 Å². The van der Waals surface area contributed by atoms with Crippen LogP contribution in [0.3, 0.4) is 0 Å². The average Bonchev–Trinajstić information content (AvgIpc) is 3.88. The molecule has 0 radical (unpaired) electrons. The molecule has 1 unspecified atom stereocenters. The molecule has 358 valence electrons. The molecule has 2 aromatic heterocycles. The highest BCUT2D eigenvalue weighted by Gasteiger charge is 2.55. The number of amides is 4. The number of H-pyrrole nitrogens is 2. The van der Waals surface area contributed by atoms with Gasteiger partial charge >= 0.3 is 12.2 Å². The highest BCUT2D eigenvalue weighted by molar-refractivity contribution is 5.91. The minimum Gasteiger partial charge on any atom is -0.453 e. The average molecular weight is 927 g/mol. The first-order valence-corrected chi connectivity index (χ1v) is 24.3. The molecule has 10 rings (SSSR count). The third-order valence-corrected chi connectivity index (χ3v) is 15.5. The number of hydrogen-bond acceptors (Lipinski definition) is 10. The van der Waals surface area contributed by atoms with Gasteiger partial charge in [-0.1, -0.05) is 61.9 Å². The van der Waals surface area contributed by atoms with Gasteiger partial charge in [-0.15, -0.1) is 0 Å². The lowest BCUT2D eigenvalue weighted by atomic mass is 9.90. The number of aromatic nitrogens is 4. The van der Waals surface area contributed by atoms with Gasteiger partial charge in [-0.2, -0.15) is 0 Å². The lowest BCUT2D eigenvalue weighted by Gasteiger charge is -2.35. The second-order valence-corrected chi connectivity index (χ2v) is 19.5. The Hall–Kier alpha value is -6.26. The molecule has 1 spiro atoms. The van der Waals surface area contributed by atoms with Crippen molar-refractivity contribution in [1.29, 1.82) is 0 Å². The van der Waals surface area contributed by atoms with Crippen LogP contribution in [-0.2, 0) is 28.5 Å². The Morgan fingerprint density at radius 1 is 0.691 bits per heavy atom. The number of carbonyl (C=O) groups excluding carboxylic acids is 4. The molecule has 4 amide bonds. The summed E-state index contributed by atoms with van der Waals surface area (Å²) < 4.78 is 21.0. The Morgan fingerprint density at radius 2 is 1.21 bits per heavy atom. The van der Waals surface area contributed by atoms with Crippen LogP contribution in [0.2, 0.25) is 0 Å². The minimum absolute atomic E-state index is 0.0300. The maximum atomic E-state index is 14.4. The molecule has 4 N–H and O–H groups in total. The molecule has 5 fully saturated rings. The molecule has 16 nitrogen and oxygen atoms in total. The molecule has 5 aliphatic rings. The maximum Gasteiger partial charge on any atom is 0.407 e. The minimum atomic E-state index is -0.697. The molecule has 1 aliphatic carbocycles. The summed E-state index contributed by atoms with van der Waals surface area (Å²) in [6.07, 6.45) is 10.0. The van der Waals surface area contributed by atoms with E-state index in [9.17, 15) is 19.2 Å². The number of alkyl carbamates (subject to hydrolysis) is 2. The maximum absolute atomic E-state index is 14.4. The van der Waals surface area contributed by atoms with Crippen molar-refractivity contribution in [2.75, 3.05) is 53.7 Å². The summed E-state index contributed by atoms with van der Waals surface area (Å²) in [6, 6.07) is 19.5. The zero-order valence-corrected chi connectivity index (χ0v) is 39.1. The van der Waals surface area contributed by atoms with E-state index >= 15 is 0 Å².